The molecule has 0 bridgehead atoms. The number of likely N-dealkylation sites (tertiary alicyclic amines) is 1. The smallest absolute Gasteiger partial charge is 0.326 e. The minimum Gasteiger partial charge on any atom is -0.508 e. The molecule has 57 heavy (non-hydrogen) atoms. The quantitative estimate of drug-likeness (QED) is 0.0356. The van der Waals surface area contributed by atoms with Gasteiger partial charge in [-0.2, -0.15) is 0 Å². The van der Waals surface area contributed by atoms with E-state index in [1.807, 2.05) is 20.8 Å². The molecule has 1 aliphatic rings. The van der Waals surface area contributed by atoms with E-state index in [2.05, 4.69) is 20.9 Å². The van der Waals surface area contributed by atoms with Gasteiger partial charge < -0.3 is 58.9 Å². The molecule has 0 radical (unpaired) electrons. The second-order valence-corrected chi connectivity index (χ2v) is 15.2. The van der Waals surface area contributed by atoms with Crippen LogP contribution in [0.15, 0.2) is 29.3 Å². The molecule has 320 valence electrons. The summed E-state index contributed by atoms with van der Waals surface area (Å²) >= 11 is 0. The number of phenols is 1. The van der Waals surface area contributed by atoms with E-state index in [4.69, 9.17) is 22.9 Å². The lowest BCUT2D eigenvalue weighted by Gasteiger charge is -2.33. The molecule has 6 atom stereocenters. The van der Waals surface area contributed by atoms with Crippen LogP contribution in [-0.4, -0.2) is 124 Å². The number of aliphatic carboxylic acids is 1. The maximum absolute atomic E-state index is 14.4. The summed E-state index contributed by atoms with van der Waals surface area (Å²) in [5, 5.41) is 27.6. The van der Waals surface area contributed by atoms with Gasteiger partial charge >= 0.3 is 5.97 Å². The second kappa shape index (κ2) is 24.6. The molecule has 1 aromatic carbocycles. The molecule has 1 fully saturated rings. The van der Waals surface area contributed by atoms with Crippen LogP contribution in [0.2, 0.25) is 0 Å². The zero-order valence-electron chi connectivity index (χ0n) is 34.0. The van der Waals surface area contributed by atoms with Crippen LogP contribution in [0, 0.1) is 11.8 Å². The van der Waals surface area contributed by atoms with Gasteiger partial charge in [-0.05, 0) is 87.4 Å². The third-order valence-corrected chi connectivity index (χ3v) is 10.1. The number of benzene rings is 1. The van der Waals surface area contributed by atoms with Crippen molar-refractivity contribution in [2.75, 3.05) is 32.7 Å². The first-order chi connectivity index (χ1) is 27.0. The molecule has 2 rings (SSSR count). The normalized spacial score (nSPS) is 16.5. The summed E-state index contributed by atoms with van der Waals surface area (Å²) in [6.07, 6.45) is 3.99. The number of aliphatic imine (C=N–C) groups is 1. The fraction of sp³-hybridized carbons (Fsp3) is 0.667. The van der Waals surface area contributed by atoms with Crippen LogP contribution in [0.3, 0.4) is 0 Å². The van der Waals surface area contributed by atoms with Gasteiger partial charge in [-0.15, -0.1) is 0 Å². The van der Waals surface area contributed by atoms with Crippen LogP contribution in [0.4, 0.5) is 0 Å². The zero-order chi connectivity index (χ0) is 42.7. The molecule has 0 unspecified atom stereocenters. The Bertz CT molecular complexity index is 1500. The molecule has 13 N–H and O–H groups in total. The van der Waals surface area contributed by atoms with Crippen molar-refractivity contribution in [2.24, 2.45) is 39.8 Å². The first-order valence-corrected chi connectivity index (χ1v) is 20.0. The van der Waals surface area contributed by atoms with E-state index >= 15 is 0 Å². The largest absolute Gasteiger partial charge is 0.508 e. The highest BCUT2D eigenvalue weighted by molar-refractivity contribution is 5.95. The van der Waals surface area contributed by atoms with Gasteiger partial charge in [-0.1, -0.05) is 52.7 Å². The molecule has 1 heterocycles. The molecule has 5 amide bonds. The maximum Gasteiger partial charge on any atom is 0.326 e. The Kier molecular flexibility index (Phi) is 20.8. The molecule has 0 spiro atoms. The fourth-order valence-electron chi connectivity index (χ4n) is 6.62. The van der Waals surface area contributed by atoms with Crippen molar-refractivity contribution in [3.8, 4) is 5.75 Å². The number of rotatable bonds is 25. The molecule has 1 aromatic rings. The number of nitrogens with one attached hydrogen (secondary N) is 3. The Morgan fingerprint density at radius 1 is 0.947 bits per heavy atom. The van der Waals surface area contributed by atoms with Gasteiger partial charge in [0, 0.05) is 19.6 Å². The lowest BCUT2D eigenvalue weighted by molar-refractivity contribution is -0.147. The van der Waals surface area contributed by atoms with Gasteiger partial charge in [-0.25, -0.2) is 4.79 Å². The fourth-order valence-corrected chi connectivity index (χ4v) is 6.62. The lowest BCUT2D eigenvalue weighted by atomic mass is 9.97. The van der Waals surface area contributed by atoms with Gasteiger partial charge in [0.2, 0.25) is 29.5 Å². The lowest BCUT2D eigenvalue weighted by Crippen LogP contribution is -2.58. The number of hydrogen-bond acceptors (Lipinski definition) is 10. The highest BCUT2D eigenvalue weighted by Gasteiger charge is 2.40. The first kappa shape index (κ1) is 48.2. The molecule has 18 heteroatoms. The Morgan fingerprint density at radius 3 is 2.21 bits per heavy atom. The van der Waals surface area contributed by atoms with E-state index in [0.717, 1.165) is 5.56 Å². The number of phenolic OH excluding ortho intramolecular Hbond substituents is 1. The number of guanidine groups is 1. The van der Waals surface area contributed by atoms with E-state index in [-0.39, 0.29) is 56.0 Å². The number of amides is 5. The van der Waals surface area contributed by atoms with E-state index in [1.54, 1.807) is 19.1 Å². The third kappa shape index (κ3) is 16.6. The summed E-state index contributed by atoms with van der Waals surface area (Å²) in [7, 11) is 0. The van der Waals surface area contributed by atoms with Crippen LogP contribution in [0.1, 0.15) is 91.0 Å². The Labute approximate surface area is 335 Å². The number of carboxylic acids is 1. The number of nitrogens with two attached hydrogens (primary N) is 4. The standard InChI is InChI=1S/C39H66N10O8/c1-5-25(4)33(35(53)46-30(38(56)57)22-24(2)3)47-32(51)23-48(21-17-26-13-15-27(50)16-14-26)37(55)31-12-9-20-49(31)36(54)29(11-8-19-44-39(42)43)45-34(52)28(41)10-6-7-18-40/h13-16,24-25,28-31,33,50H,5-12,17-23,40-41H2,1-4H3,(H,45,52)(H,46,53)(H,47,51)(H,56,57)(H4,42,43,44)/t25-,28-,29-,30-,31-,33-/m0/s1. The van der Waals surface area contributed by atoms with Crippen molar-refractivity contribution in [1.82, 2.24) is 25.8 Å². The average molecular weight is 803 g/mol. The summed E-state index contributed by atoms with van der Waals surface area (Å²) in [5.74, 6) is -4.41. The number of nitrogens with zero attached hydrogens (tertiary/aromatic N) is 3. The topological polar surface area (TPSA) is 302 Å². The highest BCUT2D eigenvalue weighted by atomic mass is 16.4. The summed E-state index contributed by atoms with van der Waals surface area (Å²) in [6.45, 7) is 7.77. The number of aromatic hydroxyl groups is 1. The molecule has 0 aliphatic carbocycles. The van der Waals surface area contributed by atoms with Crippen LogP contribution < -0.4 is 38.9 Å². The second-order valence-electron chi connectivity index (χ2n) is 15.2. The number of carbonyl (C=O) groups excluding carboxylic acids is 5. The third-order valence-electron chi connectivity index (χ3n) is 10.1. The van der Waals surface area contributed by atoms with Crippen molar-refractivity contribution in [3.05, 3.63) is 29.8 Å². The zero-order valence-corrected chi connectivity index (χ0v) is 34.0. The predicted molar refractivity (Wildman–Crippen MR) is 216 cm³/mol. The molecule has 0 saturated carbocycles. The molecule has 1 aliphatic heterocycles. The summed E-state index contributed by atoms with van der Waals surface area (Å²) in [5.41, 5.74) is 23.4. The van der Waals surface area contributed by atoms with Crippen LogP contribution in [0.5, 0.6) is 5.75 Å². The minimum atomic E-state index is -1.19. The van der Waals surface area contributed by atoms with Crippen molar-refractivity contribution < 1.29 is 39.0 Å². The molecule has 1 saturated heterocycles. The van der Waals surface area contributed by atoms with Gasteiger partial charge in [-0.3, -0.25) is 29.0 Å². The van der Waals surface area contributed by atoms with Crippen molar-refractivity contribution in [2.45, 2.75) is 122 Å². The Morgan fingerprint density at radius 2 is 1.61 bits per heavy atom. The molecule has 0 aromatic heterocycles. The van der Waals surface area contributed by atoms with Gasteiger partial charge in [0.25, 0.3) is 0 Å². The van der Waals surface area contributed by atoms with E-state index < -0.39 is 72.3 Å². The number of carboxylic acid groups (broad SMARTS) is 1. The number of carbonyl (C=O) groups is 6. The monoisotopic (exact) mass is 803 g/mol. The maximum atomic E-state index is 14.4. The van der Waals surface area contributed by atoms with Gasteiger partial charge in [0.15, 0.2) is 5.96 Å². The van der Waals surface area contributed by atoms with Gasteiger partial charge in [0.05, 0.1) is 12.6 Å². The molecule has 18 nitrogen and oxygen atoms in total. The Balaban J connectivity index is 2.37. The SMILES string of the molecule is CC[C@H](C)[C@H](NC(=O)CN(CCc1ccc(O)cc1)C(=O)[C@@H]1CCCN1C(=O)[C@H](CCCN=C(N)N)NC(=O)[C@@H](N)CCCCN)C(=O)N[C@@H](CC(C)C)C(=O)O. The number of unbranched alkanes of at least 4 members (excludes halogenated alkanes) is 1. The van der Waals surface area contributed by atoms with Crippen molar-refractivity contribution in [3.63, 3.8) is 0 Å². The first-order valence-electron chi connectivity index (χ1n) is 20.0. The molecular weight excluding hydrogens is 736 g/mol. The van der Waals surface area contributed by atoms with E-state index in [0.29, 0.717) is 57.9 Å². The Hall–Kier alpha value is -4.97. The van der Waals surface area contributed by atoms with Crippen molar-refractivity contribution in [1.29, 1.82) is 0 Å². The van der Waals surface area contributed by atoms with Crippen molar-refractivity contribution >= 4 is 41.5 Å². The highest BCUT2D eigenvalue weighted by Crippen LogP contribution is 2.23. The van der Waals surface area contributed by atoms with Crippen LogP contribution in [-0.2, 0) is 35.2 Å². The van der Waals surface area contributed by atoms with Gasteiger partial charge in [0.1, 0.15) is 29.9 Å². The van der Waals surface area contributed by atoms with E-state index in [9.17, 15) is 39.0 Å². The summed E-state index contributed by atoms with van der Waals surface area (Å²) in [4.78, 5) is 87.6. The number of hydrogen-bond donors (Lipinski definition) is 9. The minimum absolute atomic E-state index is 0.0153. The van der Waals surface area contributed by atoms with E-state index in [1.165, 1.54) is 21.9 Å². The predicted octanol–water partition coefficient (Wildman–Crippen LogP) is -0.105. The molecular formula is C39H66N10O8. The summed E-state index contributed by atoms with van der Waals surface area (Å²) < 4.78 is 0. The van der Waals surface area contributed by atoms with Crippen LogP contribution in [0.25, 0.3) is 0 Å². The van der Waals surface area contributed by atoms with Crippen LogP contribution >= 0.6 is 0 Å². The summed E-state index contributed by atoms with van der Waals surface area (Å²) in [6, 6.07) is 1.31. The average Bonchev–Trinajstić information content (AvgIpc) is 3.66.